The van der Waals surface area contributed by atoms with Gasteiger partial charge in [-0.3, -0.25) is 4.90 Å². The number of rotatable bonds is 4. The molecule has 0 bridgehead atoms. The summed E-state index contributed by atoms with van der Waals surface area (Å²) in [4.78, 5) is 2.59. The molecule has 2 fully saturated rings. The average molecular weight is 193 g/mol. The van der Waals surface area contributed by atoms with Gasteiger partial charge in [0.15, 0.2) is 0 Å². The van der Waals surface area contributed by atoms with Crippen LogP contribution in [0.4, 0.5) is 0 Å². The normalized spacial score (nSPS) is 23.7. The first-order valence-electron chi connectivity index (χ1n) is 5.75. The van der Waals surface area contributed by atoms with E-state index in [1.807, 2.05) is 0 Å². The smallest absolute Gasteiger partial charge is 0.0635 e. The van der Waals surface area contributed by atoms with E-state index in [1.54, 1.807) is 0 Å². The molecule has 1 saturated carbocycles. The van der Waals surface area contributed by atoms with Gasteiger partial charge >= 0.3 is 0 Å². The van der Waals surface area contributed by atoms with Gasteiger partial charge in [-0.25, -0.2) is 0 Å². The van der Waals surface area contributed by atoms with E-state index in [0.29, 0.717) is 6.42 Å². The van der Waals surface area contributed by atoms with E-state index in [9.17, 15) is 0 Å². The minimum atomic E-state index is 0.695. The largest absolute Gasteiger partial charge is 0.317 e. The molecule has 3 heteroatoms. The van der Waals surface area contributed by atoms with Crippen LogP contribution in [0.25, 0.3) is 0 Å². The Morgan fingerprint density at radius 3 is 2.36 bits per heavy atom. The van der Waals surface area contributed by atoms with Crippen molar-refractivity contribution in [2.45, 2.75) is 44.2 Å². The second kappa shape index (κ2) is 4.77. The van der Waals surface area contributed by atoms with Crippen molar-refractivity contribution < 1.29 is 0 Å². The van der Waals surface area contributed by atoms with Gasteiger partial charge in [0.2, 0.25) is 0 Å². The molecule has 0 radical (unpaired) electrons. The third kappa shape index (κ3) is 2.46. The molecule has 1 heterocycles. The molecule has 0 aromatic heterocycles. The van der Waals surface area contributed by atoms with E-state index in [0.717, 1.165) is 31.7 Å². The lowest BCUT2D eigenvalue weighted by Gasteiger charge is -2.34. The SMILES string of the molecule is N#CCCN(C1CCNCC1)C1CC1. The number of piperidine rings is 1. The minimum absolute atomic E-state index is 0.695. The summed E-state index contributed by atoms with van der Waals surface area (Å²) in [6, 6.07) is 3.82. The fourth-order valence-corrected chi connectivity index (χ4v) is 2.39. The van der Waals surface area contributed by atoms with Gasteiger partial charge in [-0.05, 0) is 38.8 Å². The maximum absolute atomic E-state index is 8.63. The van der Waals surface area contributed by atoms with Gasteiger partial charge in [-0.1, -0.05) is 0 Å². The summed E-state index contributed by atoms with van der Waals surface area (Å²) >= 11 is 0. The third-order valence-corrected chi connectivity index (χ3v) is 3.28. The van der Waals surface area contributed by atoms with Crippen LogP contribution >= 0.6 is 0 Å². The van der Waals surface area contributed by atoms with E-state index < -0.39 is 0 Å². The molecule has 1 aliphatic carbocycles. The maximum Gasteiger partial charge on any atom is 0.0635 e. The average Bonchev–Trinajstić information content (AvgIpc) is 3.04. The molecule has 3 nitrogen and oxygen atoms in total. The Morgan fingerprint density at radius 2 is 1.79 bits per heavy atom. The number of hydrogen-bond donors (Lipinski definition) is 1. The van der Waals surface area contributed by atoms with Crippen LogP contribution in [-0.4, -0.2) is 36.6 Å². The Hall–Kier alpha value is -0.590. The van der Waals surface area contributed by atoms with Crippen LogP contribution in [0.3, 0.4) is 0 Å². The first kappa shape index (κ1) is 9.95. The van der Waals surface area contributed by atoms with E-state index in [4.69, 9.17) is 5.26 Å². The van der Waals surface area contributed by atoms with Crippen LogP contribution in [0.1, 0.15) is 32.1 Å². The van der Waals surface area contributed by atoms with Gasteiger partial charge in [0, 0.05) is 25.0 Å². The molecule has 0 spiro atoms. The lowest BCUT2D eigenvalue weighted by atomic mass is 10.0. The Labute approximate surface area is 86.1 Å². The molecule has 0 amide bonds. The predicted octanol–water partition coefficient (Wildman–Crippen LogP) is 1.12. The van der Waals surface area contributed by atoms with Gasteiger partial charge in [0.25, 0.3) is 0 Å². The summed E-state index contributed by atoms with van der Waals surface area (Å²) in [5.41, 5.74) is 0. The predicted molar refractivity (Wildman–Crippen MR) is 55.8 cm³/mol. The Morgan fingerprint density at radius 1 is 1.14 bits per heavy atom. The fourth-order valence-electron chi connectivity index (χ4n) is 2.39. The lowest BCUT2D eigenvalue weighted by molar-refractivity contribution is 0.156. The lowest BCUT2D eigenvalue weighted by Crippen LogP contribution is -2.44. The summed E-state index contributed by atoms with van der Waals surface area (Å²) in [5, 5.41) is 12.0. The number of hydrogen-bond acceptors (Lipinski definition) is 3. The molecule has 0 aromatic rings. The molecule has 1 N–H and O–H groups in total. The Kier molecular flexibility index (Phi) is 3.39. The van der Waals surface area contributed by atoms with Crippen LogP contribution in [-0.2, 0) is 0 Å². The molecule has 78 valence electrons. The second-order valence-electron chi connectivity index (χ2n) is 4.36. The fraction of sp³-hybridized carbons (Fsp3) is 0.909. The molecule has 1 saturated heterocycles. The first-order chi connectivity index (χ1) is 6.92. The van der Waals surface area contributed by atoms with Crippen LogP contribution in [0.15, 0.2) is 0 Å². The monoisotopic (exact) mass is 193 g/mol. The van der Waals surface area contributed by atoms with Crippen molar-refractivity contribution in [1.82, 2.24) is 10.2 Å². The molecular formula is C11H19N3. The molecule has 14 heavy (non-hydrogen) atoms. The third-order valence-electron chi connectivity index (χ3n) is 3.28. The quantitative estimate of drug-likeness (QED) is 0.727. The standard InChI is InChI=1S/C11H19N3/c12-6-1-9-14(10-2-3-10)11-4-7-13-8-5-11/h10-11,13H,1-5,7-9H2. The second-order valence-corrected chi connectivity index (χ2v) is 4.36. The van der Waals surface area contributed by atoms with E-state index in [-0.39, 0.29) is 0 Å². The van der Waals surface area contributed by atoms with Crippen molar-refractivity contribution in [3.05, 3.63) is 0 Å². The zero-order valence-electron chi connectivity index (χ0n) is 8.71. The van der Waals surface area contributed by atoms with E-state index in [1.165, 1.54) is 25.7 Å². The molecule has 0 atom stereocenters. The minimum Gasteiger partial charge on any atom is -0.317 e. The number of nitriles is 1. The van der Waals surface area contributed by atoms with Crippen molar-refractivity contribution in [3.8, 4) is 6.07 Å². The molecular weight excluding hydrogens is 174 g/mol. The number of nitrogens with zero attached hydrogens (tertiary/aromatic N) is 2. The summed E-state index contributed by atoms with van der Waals surface area (Å²) in [6.45, 7) is 3.30. The van der Waals surface area contributed by atoms with Gasteiger partial charge in [0.1, 0.15) is 0 Å². The van der Waals surface area contributed by atoms with Crippen LogP contribution < -0.4 is 5.32 Å². The summed E-state index contributed by atoms with van der Waals surface area (Å²) in [7, 11) is 0. The van der Waals surface area contributed by atoms with Crippen molar-refractivity contribution in [2.75, 3.05) is 19.6 Å². The highest BCUT2D eigenvalue weighted by molar-refractivity contribution is 4.91. The highest BCUT2D eigenvalue weighted by Crippen LogP contribution is 2.30. The Balaban J connectivity index is 1.84. The van der Waals surface area contributed by atoms with Crippen LogP contribution in [0.5, 0.6) is 0 Å². The summed E-state index contributed by atoms with van der Waals surface area (Å²) in [6.07, 6.45) is 5.94. The zero-order valence-corrected chi connectivity index (χ0v) is 8.71. The molecule has 2 aliphatic rings. The summed E-state index contributed by atoms with van der Waals surface area (Å²) in [5.74, 6) is 0. The number of nitrogens with one attached hydrogen (secondary N) is 1. The molecule has 0 unspecified atom stereocenters. The highest BCUT2D eigenvalue weighted by Gasteiger charge is 2.33. The Bertz CT molecular complexity index is 211. The van der Waals surface area contributed by atoms with E-state index >= 15 is 0 Å². The van der Waals surface area contributed by atoms with Crippen molar-refractivity contribution in [1.29, 1.82) is 5.26 Å². The van der Waals surface area contributed by atoms with Gasteiger partial charge in [-0.15, -0.1) is 0 Å². The molecule has 1 aliphatic heterocycles. The first-order valence-corrected chi connectivity index (χ1v) is 5.75. The van der Waals surface area contributed by atoms with Gasteiger partial charge in [-0.2, -0.15) is 5.26 Å². The van der Waals surface area contributed by atoms with Crippen molar-refractivity contribution in [3.63, 3.8) is 0 Å². The van der Waals surface area contributed by atoms with Gasteiger partial charge < -0.3 is 5.32 Å². The maximum atomic E-state index is 8.63. The van der Waals surface area contributed by atoms with Crippen LogP contribution in [0.2, 0.25) is 0 Å². The molecule has 2 rings (SSSR count). The van der Waals surface area contributed by atoms with Crippen molar-refractivity contribution in [2.24, 2.45) is 0 Å². The van der Waals surface area contributed by atoms with Gasteiger partial charge in [0.05, 0.1) is 6.07 Å². The highest BCUT2D eigenvalue weighted by atomic mass is 15.2. The topological polar surface area (TPSA) is 39.1 Å². The molecule has 0 aromatic carbocycles. The van der Waals surface area contributed by atoms with Crippen molar-refractivity contribution >= 4 is 0 Å². The summed E-state index contributed by atoms with van der Waals surface area (Å²) < 4.78 is 0. The van der Waals surface area contributed by atoms with E-state index in [2.05, 4.69) is 16.3 Å². The zero-order chi connectivity index (χ0) is 9.80. The van der Waals surface area contributed by atoms with Crippen LogP contribution in [0, 0.1) is 11.3 Å².